The summed E-state index contributed by atoms with van der Waals surface area (Å²) >= 11 is 0.569. The summed E-state index contributed by atoms with van der Waals surface area (Å²) in [6.45, 7) is 29.4. The first-order valence-corrected chi connectivity index (χ1v) is 26.5. The van der Waals surface area contributed by atoms with Crippen LogP contribution in [0.2, 0.25) is 33.2 Å². The fourth-order valence-electron chi connectivity index (χ4n) is 11.0. The number of benzene rings is 6. The summed E-state index contributed by atoms with van der Waals surface area (Å²) in [6, 6.07) is 36.2. The molecule has 0 unspecified atom stereocenters. The van der Waals surface area contributed by atoms with Gasteiger partial charge in [0.05, 0.1) is 38.2 Å². The van der Waals surface area contributed by atoms with Gasteiger partial charge in [0, 0.05) is 10.8 Å². The van der Waals surface area contributed by atoms with Crippen molar-refractivity contribution >= 4 is 90.6 Å². The van der Waals surface area contributed by atoms with E-state index in [9.17, 15) is 0 Å². The van der Waals surface area contributed by atoms with Crippen LogP contribution in [0.3, 0.4) is 0 Å². The maximum absolute atomic E-state index is 5.85. The third kappa shape index (κ3) is 7.19. The van der Waals surface area contributed by atoms with Crippen molar-refractivity contribution in [2.45, 2.75) is 116 Å². The molecule has 0 aliphatic heterocycles. The van der Waals surface area contributed by atoms with Crippen molar-refractivity contribution in [2.24, 2.45) is 9.98 Å². The topological polar surface area (TPSA) is 24.7 Å². The van der Waals surface area contributed by atoms with Crippen molar-refractivity contribution in [1.29, 1.82) is 0 Å². The fraction of sp³-hybridized carbons (Fsp3) is 0.391. The molecule has 0 aliphatic carbocycles. The molecule has 0 fully saturated rings. The van der Waals surface area contributed by atoms with Gasteiger partial charge >= 0.3 is 33.0 Å². The molecule has 0 heterocycles. The summed E-state index contributed by atoms with van der Waals surface area (Å²) in [5, 5.41) is 12.4. The number of nitrogens with zero attached hydrogens (tertiary/aromatic N) is 2. The van der Waals surface area contributed by atoms with Gasteiger partial charge in [0.1, 0.15) is 0 Å². The van der Waals surface area contributed by atoms with Gasteiger partial charge in [-0.15, -0.1) is 0 Å². The molecule has 0 saturated carbocycles. The number of halogens is 2. The van der Waals surface area contributed by atoms with Crippen LogP contribution in [0.5, 0.6) is 0 Å². The predicted molar refractivity (Wildman–Crippen MR) is 238 cm³/mol. The molecular weight excluding hydrogens is 766 g/mol. The fourth-order valence-corrected chi connectivity index (χ4v) is 24.7. The minimum absolute atomic E-state index is 0.569. The molecular formula is C46H58Cl2N2NiSi2. The molecule has 6 rings (SSSR count). The van der Waals surface area contributed by atoms with Crippen molar-refractivity contribution in [3.8, 4) is 0 Å². The molecule has 0 aliphatic rings. The second kappa shape index (κ2) is 17.1. The first-order chi connectivity index (χ1) is 25.2. The number of rotatable bonds is 10. The van der Waals surface area contributed by atoms with E-state index in [1.807, 2.05) is 0 Å². The molecule has 0 atom stereocenters. The van der Waals surface area contributed by atoms with Gasteiger partial charge < -0.3 is 0 Å². The Morgan fingerprint density at radius 2 is 0.717 bits per heavy atom. The Kier molecular flexibility index (Phi) is 13.4. The summed E-state index contributed by atoms with van der Waals surface area (Å²) in [4.78, 5) is 11.7. The van der Waals surface area contributed by atoms with E-state index in [1.165, 1.54) is 42.7 Å². The van der Waals surface area contributed by atoms with E-state index < -0.39 is 16.1 Å². The van der Waals surface area contributed by atoms with Gasteiger partial charge in [-0.3, -0.25) is 0 Å². The van der Waals surface area contributed by atoms with E-state index in [2.05, 4.69) is 180 Å². The van der Waals surface area contributed by atoms with E-state index in [1.54, 1.807) is 0 Å². The Bertz CT molecular complexity index is 2090. The zero-order valence-electron chi connectivity index (χ0n) is 33.7. The van der Waals surface area contributed by atoms with Crippen LogP contribution >= 0.6 is 20.4 Å². The summed E-state index contributed by atoms with van der Waals surface area (Å²) in [5.74, 6) is 0. The Labute approximate surface area is 335 Å². The van der Waals surface area contributed by atoms with Crippen LogP contribution < -0.4 is 21.1 Å². The van der Waals surface area contributed by atoms with Crippen LogP contribution in [-0.4, -0.2) is 16.1 Å². The van der Waals surface area contributed by atoms with E-state index >= 15 is 0 Å². The molecule has 0 N–H and O–H groups in total. The standard InChI is InChI=1S/C46H58N2Si2.2ClH.Ni/c1-29(2)49(30(3)4,31(5)6)41-25-15-13-23-39(41)47-45-37-21-17-19-35-27-28-36-20-18-22-38(44(36)43(35)37)46(45)48-40-24-14-16-26-42(40)50(32(7)8,33(9)10)34(11)12;;;/h13-34H,1-12H3;2*1H;/q;;;+2/p-2. The van der Waals surface area contributed by atoms with Crippen LogP contribution in [0.25, 0.3) is 32.3 Å². The van der Waals surface area contributed by atoms with Gasteiger partial charge in [0.15, 0.2) is 0 Å². The van der Waals surface area contributed by atoms with Crippen LogP contribution in [0.15, 0.2) is 107 Å². The number of hydrogen-bond acceptors (Lipinski definition) is 2. The predicted octanol–water partition coefficient (Wildman–Crippen LogP) is 13.6. The second-order valence-corrected chi connectivity index (χ2v) is 30.0. The molecule has 53 heavy (non-hydrogen) atoms. The van der Waals surface area contributed by atoms with E-state index in [4.69, 9.17) is 30.4 Å². The van der Waals surface area contributed by atoms with Crippen molar-refractivity contribution in [2.75, 3.05) is 0 Å². The molecule has 6 aromatic rings. The zero-order chi connectivity index (χ0) is 38.8. The molecule has 0 radical (unpaired) electrons. The van der Waals surface area contributed by atoms with Crippen molar-refractivity contribution in [3.05, 3.63) is 108 Å². The van der Waals surface area contributed by atoms with Crippen molar-refractivity contribution in [1.82, 2.24) is 0 Å². The zero-order valence-corrected chi connectivity index (χ0v) is 38.2. The molecule has 2 nitrogen and oxygen atoms in total. The van der Waals surface area contributed by atoms with Gasteiger partial charge in [-0.1, -0.05) is 168 Å². The summed E-state index contributed by atoms with van der Waals surface area (Å²) in [7, 11) is 5.35. The molecule has 6 aromatic carbocycles. The molecule has 0 spiro atoms. The van der Waals surface area contributed by atoms with Crippen LogP contribution in [0.4, 0.5) is 11.4 Å². The van der Waals surface area contributed by atoms with E-state index in [0.717, 1.165) is 22.1 Å². The summed E-state index contributed by atoms with van der Waals surface area (Å²) in [6.07, 6.45) is 0. The molecule has 0 bridgehead atoms. The van der Waals surface area contributed by atoms with Gasteiger partial charge in [-0.2, -0.15) is 0 Å². The van der Waals surface area contributed by atoms with E-state index in [-0.39, 0.29) is 0 Å². The van der Waals surface area contributed by atoms with Crippen LogP contribution in [-0.2, 0) is 12.7 Å². The Morgan fingerprint density at radius 1 is 0.415 bits per heavy atom. The molecule has 7 heteroatoms. The summed E-state index contributed by atoms with van der Waals surface area (Å²) < 4.78 is 0. The minimum atomic E-state index is -2.03. The SMILES string of the molecule is CC(C)[Si](c1ccccc1N=c1c(=Nc2ccccc2[Si](C(C)C)(C(C)C)C(C)C)c2cccc3ccc4cccc1c4c32)(C(C)C)C(C)C.[Cl][Ni][Cl]. The van der Waals surface area contributed by atoms with Crippen LogP contribution in [0.1, 0.15) is 83.1 Å². The Hall–Kier alpha value is -2.53. The molecule has 284 valence electrons. The third-order valence-electron chi connectivity index (χ3n) is 12.6. The average molecular weight is 825 g/mol. The quantitative estimate of drug-likeness (QED) is 0.0971. The first kappa shape index (κ1) is 41.6. The third-order valence-corrected chi connectivity index (χ3v) is 26.7. The Morgan fingerprint density at radius 3 is 1.02 bits per heavy atom. The van der Waals surface area contributed by atoms with Crippen molar-refractivity contribution in [3.63, 3.8) is 0 Å². The maximum atomic E-state index is 5.85. The molecule has 0 amide bonds. The first-order valence-electron chi connectivity index (χ1n) is 19.3. The van der Waals surface area contributed by atoms with Gasteiger partial charge in [0.25, 0.3) is 0 Å². The average Bonchev–Trinajstić information content (AvgIpc) is 3.10. The number of hydrogen-bond donors (Lipinski definition) is 0. The van der Waals surface area contributed by atoms with Gasteiger partial charge in [-0.25, -0.2) is 9.98 Å². The number of para-hydroxylation sites is 2. The monoisotopic (exact) mass is 822 g/mol. The Balaban J connectivity index is 0.00000175. The van der Waals surface area contributed by atoms with Gasteiger partial charge in [0.2, 0.25) is 0 Å². The summed E-state index contributed by atoms with van der Waals surface area (Å²) in [5.41, 5.74) is 5.70. The normalized spacial score (nSPS) is 13.7. The van der Waals surface area contributed by atoms with Gasteiger partial charge in [-0.05, 0) is 77.3 Å². The van der Waals surface area contributed by atoms with Crippen molar-refractivity contribution < 1.29 is 12.7 Å². The molecule has 0 aromatic heterocycles. The second-order valence-electron chi connectivity index (χ2n) is 16.7. The van der Waals surface area contributed by atoms with Crippen LogP contribution in [0, 0.1) is 0 Å². The van der Waals surface area contributed by atoms with E-state index in [0.29, 0.717) is 45.9 Å². The molecule has 0 saturated heterocycles.